The lowest BCUT2D eigenvalue weighted by Gasteiger charge is -2.08. The summed E-state index contributed by atoms with van der Waals surface area (Å²) in [6.45, 7) is 1.27. The molecule has 2 N–H and O–H groups in total. The van der Waals surface area contributed by atoms with Gasteiger partial charge in [0.2, 0.25) is 0 Å². The largest absolute Gasteiger partial charge is 0.465 e. The first-order valence-electron chi connectivity index (χ1n) is 5.76. The quantitative estimate of drug-likeness (QED) is 0.834. The second kappa shape index (κ2) is 5.51. The van der Waals surface area contributed by atoms with E-state index in [4.69, 9.17) is 5.73 Å². The maximum Gasteiger partial charge on any atom is 0.337 e. The Labute approximate surface area is 106 Å². The molecule has 94 valence electrons. The van der Waals surface area contributed by atoms with Crippen molar-refractivity contribution < 1.29 is 9.53 Å². The summed E-state index contributed by atoms with van der Waals surface area (Å²) >= 11 is 0. The molecule has 18 heavy (non-hydrogen) atoms. The molecule has 1 aromatic heterocycles. The smallest absolute Gasteiger partial charge is 0.337 e. The molecule has 0 bridgehead atoms. The number of carbonyl (C=O) groups is 1. The molecule has 0 spiro atoms. The minimum atomic E-state index is -0.315. The molecule has 4 nitrogen and oxygen atoms in total. The van der Waals surface area contributed by atoms with Crippen molar-refractivity contribution in [3.05, 3.63) is 59.4 Å². The van der Waals surface area contributed by atoms with Gasteiger partial charge in [-0.2, -0.15) is 0 Å². The van der Waals surface area contributed by atoms with Crippen molar-refractivity contribution in [1.29, 1.82) is 0 Å². The molecule has 0 radical (unpaired) electrons. The Kier molecular flexibility index (Phi) is 3.79. The number of nitrogens with zero attached hydrogens (tertiary/aromatic N) is 1. The number of hydrogen-bond donors (Lipinski definition) is 1. The van der Waals surface area contributed by atoms with Gasteiger partial charge in [-0.25, -0.2) is 4.79 Å². The molecule has 0 saturated carbocycles. The van der Waals surface area contributed by atoms with Crippen molar-refractivity contribution in [1.82, 2.24) is 4.57 Å². The molecule has 1 aromatic carbocycles. The second-order valence-electron chi connectivity index (χ2n) is 4.02. The predicted octanol–water partition coefficient (Wildman–Crippen LogP) is 1.78. The van der Waals surface area contributed by atoms with Gasteiger partial charge in [0.15, 0.2) is 0 Å². The van der Waals surface area contributed by atoms with Crippen LogP contribution in [-0.4, -0.2) is 17.6 Å². The molecule has 0 amide bonds. The minimum absolute atomic E-state index is 0.315. The molecular formula is C14H16N2O2. The highest BCUT2D eigenvalue weighted by atomic mass is 16.5. The monoisotopic (exact) mass is 244 g/mol. The Balaban J connectivity index is 2.13. The Hall–Kier alpha value is -2.07. The lowest BCUT2D eigenvalue weighted by atomic mass is 10.1. The van der Waals surface area contributed by atoms with Crippen LogP contribution in [0.15, 0.2) is 42.6 Å². The average Bonchev–Trinajstić information content (AvgIpc) is 2.86. The summed E-state index contributed by atoms with van der Waals surface area (Å²) in [5, 5.41) is 0. The third-order valence-electron chi connectivity index (χ3n) is 2.86. The Morgan fingerprint density at radius 2 is 2.00 bits per heavy atom. The van der Waals surface area contributed by atoms with Crippen LogP contribution in [0.4, 0.5) is 0 Å². The van der Waals surface area contributed by atoms with Crippen molar-refractivity contribution in [3.63, 3.8) is 0 Å². The fourth-order valence-electron chi connectivity index (χ4n) is 1.85. The molecule has 0 fully saturated rings. The zero-order chi connectivity index (χ0) is 13.0. The van der Waals surface area contributed by atoms with Crippen molar-refractivity contribution in [2.45, 2.75) is 13.1 Å². The van der Waals surface area contributed by atoms with E-state index in [1.54, 1.807) is 12.1 Å². The van der Waals surface area contributed by atoms with Gasteiger partial charge in [-0.15, -0.1) is 0 Å². The van der Waals surface area contributed by atoms with Gasteiger partial charge in [0.05, 0.1) is 12.7 Å². The van der Waals surface area contributed by atoms with Gasteiger partial charge >= 0.3 is 5.97 Å². The first kappa shape index (κ1) is 12.4. The Bertz CT molecular complexity index is 529. The van der Waals surface area contributed by atoms with Gasteiger partial charge < -0.3 is 15.0 Å². The highest BCUT2D eigenvalue weighted by Gasteiger charge is 2.05. The molecule has 2 aromatic rings. The van der Waals surface area contributed by atoms with Crippen LogP contribution in [0.2, 0.25) is 0 Å². The van der Waals surface area contributed by atoms with Crippen LogP contribution in [0.1, 0.15) is 21.6 Å². The number of ether oxygens (including phenoxy) is 1. The van der Waals surface area contributed by atoms with Crippen molar-refractivity contribution in [2.24, 2.45) is 5.73 Å². The highest BCUT2D eigenvalue weighted by Crippen LogP contribution is 2.10. The first-order chi connectivity index (χ1) is 8.74. The standard InChI is InChI=1S/C14H16N2O2/c1-18-14(17)12-6-4-11(5-7-12)10-16-8-2-3-13(16)9-15/h2-8H,9-10,15H2,1H3. The SMILES string of the molecule is COC(=O)c1ccc(Cn2cccc2CN)cc1. The van der Waals surface area contributed by atoms with Crippen molar-refractivity contribution >= 4 is 5.97 Å². The highest BCUT2D eigenvalue weighted by molar-refractivity contribution is 5.89. The van der Waals surface area contributed by atoms with Gasteiger partial charge in [0.1, 0.15) is 0 Å². The lowest BCUT2D eigenvalue weighted by molar-refractivity contribution is 0.0600. The summed E-state index contributed by atoms with van der Waals surface area (Å²) in [6, 6.07) is 11.4. The maximum absolute atomic E-state index is 11.3. The number of aromatic nitrogens is 1. The van der Waals surface area contributed by atoms with Crippen LogP contribution in [0.25, 0.3) is 0 Å². The molecule has 1 heterocycles. The third-order valence-corrected chi connectivity index (χ3v) is 2.86. The fraction of sp³-hybridized carbons (Fsp3) is 0.214. The molecule has 2 rings (SSSR count). The van der Waals surface area contributed by atoms with E-state index in [1.807, 2.05) is 30.5 Å². The van der Waals surface area contributed by atoms with E-state index in [2.05, 4.69) is 9.30 Å². The van der Waals surface area contributed by atoms with E-state index in [0.717, 1.165) is 17.8 Å². The van der Waals surface area contributed by atoms with Gasteiger partial charge in [0, 0.05) is 25.0 Å². The van der Waals surface area contributed by atoms with Crippen LogP contribution in [0.3, 0.4) is 0 Å². The predicted molar refractivity (Wildman–Crippen MR) is 69.2 cm³/mol. The van der Waals surface area contributed by atoms with E-state index in [1.165, 1.54) is 7.11 Å². The molecule has 0 aliphatic rings. The van der Waals surface area contributed by atoms with E-state index in [9.17, 15) is 4.79 Å². The number of carbonyl (C=O) groups excluding carboxylic acids is 1. The topological polar surface area (TPSA) is 57.2 Å². The number of hydrogen-bond acceptors (Lipinski definition) is 3. The summed E-state index contributed by atoms with van der Waals surface area (Å²) in [5.74, 6) is -0.315. The number of methoxy groups -OCH3 is 1. The third kappa shape index (κ3) is 2.60. The van der Waals surface area contributed by atoms with Gasteiger partial charge in [0.25, 0.3) is 0 Å². The molecule has 0 aliphatic carbocycles. The first-order valence-corrected chi connectivity index (χ1v) is 5.76. The summed E-state index contributed by atoms with van der Waals surface area (Å²) in [4.78, 5) is 11.3. The molecule has 0 saturated heterocycles. The summed E-state index contributed by atoms with van der Waals surface area (Å²) in [6.07, 6.45) is 2.00. The maximum atomic E-state index is 11.3. The number of esters is 1. The molecular weight excluding hydrogens is 228 g/mol. The van der Waals surface area contributed by atoms with Gasteiger partial charge in [-0.05, 0) is 29.8 Å². The summed E-state index contributed by atoms with van der Waals surface area (Å²) < 4.78 is 6.75. The van der Waals surface area contributed by atoms with Gasteiger partial charge in [-0.1, -0.05) is 12.1 Å². The van der Waals surface area contributed by atoms with Crippen molar-refractivity contribution in [2.75, 3.05) is 7.11 Å². The summed E-state index contributed by atoms with van der Waals surface area (Å²) in [5.41, 5.74) is 8.42. The van der Waals surface area contributed by atoms with E-state index in [0.29, 0.717) is 12.1 Å². The molecule has 4 heteroatoms. The minimum Gasteiger partial charge on any atom is -0.465 e. The average molecular weight is 244 g/mol. The van der Waals surface area contributed by atoms with Crippen LogP contribution in [0.5, 0.6) is 0 Å². The Morgan fingerprint density at radius 1 is 1.28 bits per heavy atom. The fourth-order valence-corrected chi connectivity index (χ4v) is 1.85. The lowest BCUT2D eigenvalue weighted by Crippen LogP contribution is -2.07. The molecule has 0 unspecified atom stereocenters. The van der Waals surface area contributed by atoms with Gasteiger partial charge in [-0.3, -0.25) is 0 Å². The summed E-state index contributed by atoms with van der Waals surface area (Å²) in [7, 11) is 1.38. The molecule has 0 atom stereocenters. The molecule has 0 aliphatic heterocycles. The number of nitrogens with two attached hydrogens (primary N) is 1. The zero-order valence-electron chi connectivity index (χ0n) is 10.3. The normalized spacial score (nSPS) is 10.3. The number of rotatable bonds is 4. The van der Waals surface area contributed by atoms with E-state index < -0.39 is 0 Å². The van der Waals surface area contributed by atoms with Crippen LogP contribution >= 0.6 is 0 Å². The van der Waals surface area contributed by atoms with Crippen LogP contribution in [0, 0.1) is 0 Å². The number of benzene rings is 1. The van der Waals surface area contributed by atoms with Crippen molar-refractivity contribution in [3.8, 4) is 0 Å². The Morgan fingerprint density at radius 3 is 2.61 bits per heavy atom. The van der Waals surface area contributed by atoms with Crippen LogP contribution < -0.4 is 5.73 Å². The second-order valence-corrected chi connectivity index (χ2v) is 4.02. The van der Waals surface area contributed by atoms with E-state index >= 15 is 0 Å². The zero-order valence-corrected chi connectivity index (χ0v) is 10.3. The van der Waals surface area contributed by atoms with E-state index in [-0.39, 0.29) is 5.97 Å². The van der Waals surface area contributed by atoms with Crippen LogP contribution in [-0.2, 0) is 17.8 Å².